The predicted molar refractivity (Wildman–Crippen MR) is 72.7 cm³/mol. The third kappa shape index (κ3) is 2.22. The third-order valence-corrected chi connectivity index (χ3v) is 3.45. The van der Waals surface area contributed by atoms with Crippen molar-refractivity contribution in [1.29, 1.82) is 0 Å². The molecule has 2 aromatic rings. The van der Waals surface area contributed by atoms with Gasteiger partial charge in [-0.15, -0.1) is 11.8 Å². The molecule has 0 aliphatic heterocycles. The molecule has 0 unspecified atom stereocenters. The first-order valence-corrected chi connectivity index (χ1v) is 6.38. The molecule has 0 amide bonds. The van der Waals surface area contributed by atoms with Gasteiger partial charge < -0.3 is 5.73 Å². The van der Waals surface area contributed by atoms with Crippen LogP contribution in [0.4, 0.5) is 5.69 Å². The van der Waals surface area contributed by atoms with Crippen LogP contribution in [0.25, 0.3) is 11.1 Å². The fraction of sp³-hybridized carbons (Fsp3) is 0.143. The fourth-order valence-corrected chi connectivity index (χ4v) is 2.57. The predicted octanol–water partition coefficient (Wildman–Crippen LogP) is 4.05. The lowest BCUT2D eigenvalue weighted by atomic mass is 10.1. The Morgan fingerprint density at radius 1 is 1.00 bits per heavy atom. The maximum atomic E-state index is 6.02. The maximum Gasteiger partial charge on any atom is 0.0458 e. The number of thioether (sulfide) groups is 1. The molecular formula is C14H15NS. The molecule has 0 radical (unpaired) electrons. The standard InChI is InChI=1S/C14H15NS/c1-2-16-14-12(9-6-10-13(14)15)11-7-4-3-5-8-11/h3-10H,2,15H2,1H3. The largest absolute Gasteiger partial charge is 0.398 e. The van der Waals surface area contributed by atoms with Gasteiger partial charge in [0.05, 0.1) is 0 Å². The van der Waals surface area contributed by atoms with Gasteiger partial charge >= 0.3 is 0 Å². The van der Waals surface area contributed by atoms with Crippen LogP contribution in [-0.2, 0) is 0 Å². The molecule has 2 aromatic carbocycles. The summed E-state index contributed by atoms with van der Waals surface area (Å²) >= 11 is 1.80. The van der Waals surface area contributed by atoms with Crippen LogP contribution in [0, 0.1) is 0 Å². The molecule has 2 N–H and O–H groups in total. The van der Waals surface area contributed by atoms with Crippen molar-refractivity contribution in [3.63, 3.8) is 0 Å². The van der Waals surface area contributed by atoms with E-state index in [0.717, 1.165) is 11.4 Å². The van der Waals surface area contributed by atoms with Crippen molar-refractivity contribution < 1.29 is 0 Å². The summed E-state index contributed by atoms with van der Waals surface area (Å²) in [5, 5.41) is 0. The summed E-state index contributed by atoms with van der Waals surface area (Å²) in [6, 6.07) is 16.5. The van der Waals surface area contributed by atoms with E-state index in [1.165, 1.54) is 16.0 Å². The highest BCUT2D eigenvalue weighted by Crippen LogP contribution is 2.35. The molecule has 0 heterocycles. The molecule has 0 fully saturated rings. The van der Waals surface area contributed by atoms with E-state index in [4.69, 9.17) is 5.73 Å². The van der Waals surface area contributed by atoms with Crippen molar-refractivity contribution in [1.82, 2.24) is 0 Å². The van der Waals surface area contributed by atoms with Gasteiger partial charge in [0.2, 0.25) is 0 Å². The Morgan fingerprint density at radius 3 is 2.44 bits per heavy atom. The van der Waals surface area contributed by atoms with E-state index in [1.807, 2.05) is 18.2 Å². The average Bonchev–Trinajstić information content (AvgIpc) is 2.33. The molecule has 0 aliphatic rings. The van der Waals surface area contributed by atoms with Crippen molar-refractivity contribution in [2.45, 2.75) is 11.8 Å². The molecule has 1 nitrogen and oxygen atoms in total. The normalized spacial score (nSPS) is 10.3. The lowest BCUT2D eigenvalue weighted by Gasteiger charge is -2.11. The van der Waals surface area contributed by atoms with Gasteiger partial charge in [-0.1, -0.05) is 49.4 Å². The molecular weight excluding hydrogens is 214 g/mol. The molecule has 0 bridgehead atoms. The van der Waals surface area contributed by atoms with Crippen LogP contribution in [0.1, 0.15) is 6.92 Å². The molecule has 2 heteroatoms. The summed E-state index contributed by atoms with van der Waals surface area (Å²) in [4.78, 5) is 1.19. The first-order chi connectivity index (χ1) is 7.83. The van der Waals surface area contributed by atoms with E-state index in [-0.39, 0.29) is 0 Å². The van der Waals surface area contributed by atoms with Crippen LogP contribution >= 0.6 is 11.8 Å². The highest BCUT2D eigenvalue weighted by molar-refractivity contribution is 7.99. The van der Waals surface area contributed by atoms with Crippen molar-refractivity contribution in [3.8, 4) is 11.1 Å². The number of nitrogens with two attached hydrogens (primary N) is 1. The van der Waals surface area contributed by atoms with Gasteiger partial charge in [-0.2, -0.15) is 0 Å². The zero-order chi connectivity index (χ0) is 11.4. The number of hydrogen-bond donors (Lipinski definition) is 1. The molecule has 2 rings (SSSR count). The third-order valence-electron chi connectivity index (χ3n) is 2.42. The molecule has 0 saturated carbocycles. The Balaban J connectivity index is 2.52. The SMILES string of the molecule is CCSc1c(N)cccc1-c1ccccc1. The molecule has 82 valence electrons. The lowest BCUT2D eigenvalue weighted by molar-refractivity contribution is 1.42. The van der Waals surface area contributed by atoms with Crippen LogP contribution in [0.15, 0.2) is 53.4 Å². The Bertz CT molecular complexity index is 465. The zero-order valence-electron chi connectivity index (χ0n) is 9.31. The second-order valence-corrected chi connectivity index (χ2v) is 4.80. The van der Waals surface area contributed by atoms with Crippen LogP contribution in [-0.4, -0.2) is 5.75 Å². The monoisotopic (exact) mass is 229 g/mol. The van der Waals surface area contributed by atoms with Crippen molar-refractivity contribution in [3.05, 3.63) is 48.5 Å². The first kappa shape index (κ1) is 11.1. The number of nitrogen functional groups attached to an aromatic ring is 1. The number of rotatable bonds is 3. The maximum absolute atomic E-state index is 6.02. The van der Waals surface area contributed by atoms with Crippen LogP contribution in [0.3, 0.4) is 0 Å². The van der Waals surface area contributed by atoms with Gasteiger partial charge in [-0.3, -0.25) is 0 Å². The molecule has 16 heavy (non-hydrogen) atoms. The van der Waals surface area contributed by atoms with Crippen molar-refractivity contribution in [2.75, 3.05) is 11.5 Å². The number of benzene rings is 2. The van der Waals surface area contributed by atoms with Gasteiger partial charge in [-0.05, 0) is 22.9 Å². The Hall–Kier alpha value is -1.41. The van der Waals surface area contributed by atoms with Crippen LogP contribution in [0.5, 0.6) is 0 Å². The molecule has 0 atom stereocenters. The van der Waals surface area contributed by atoms with Crippen molar-refractivity contribution in [2.24, 2.45) is 0 Å². The Kier molecular flexibility index (Phi) is 3.52. The van der Waals surface area contributed by atoms with E-state index in [0.29, 0.717) is 0 Å². The second kappa shape index (κ2) is 5.08. The van der Waals surface area contributed by atoms with Crippen LogP contribution in [0.2, 0.25) is 0 Å². The minimum Gasteiger partial charge on any atom is -0.398 e. The number of anilines is 1. The van der Waals surface area contributed by atoms with Crippen LogP contribution < -0.4 is 5.73 Å². The molecule has 0 saturated heterocycles. The highest BCUT2D eigenvalue weighted by Gasteiger charge is 2.07. The van der Waals surface area contributed by atoms with Crippen molar-refractivity contribution >= 4 is 17.4 Å². The summed E-state index contributed by atoms with van der Waals surface area (Å²) in [6.45, 7) is 2.14. The summed E-state index contributed by atoms with van der Waals surface area (Å²) < 4.78 is 0. The first-order valence-electron chi connectivity index (χ1n) is 5.39. The number of hydrogen-bond acceptors (Lipinski definition) is 2. The van der Waals surface area contributed by atoms with Gasteiger partial charge in [-0.25, -0.2) is 0 Å². The van der Waals surface area contributed by atoms with E-state index >= 15 is 0 Å². The highest BCUT2D eigenvalue weighted by atomic mass is 32.2. The average molecular weight is 229 g/mol. The van der Waals surface area contributed by atoms with E-state index in [9.17, 15) is 0 Å². The summed E-state index contributed by atoms with van der Waals surface area (Å²) in [6.07, 6.45) is 0. The summed E-state index contributed by atoms with van der Waals surface area (Å²) in [5.41, 5.74) is 9.35. The second-order valence-electron chi connectivity index (χ2n) is 3.52. The Morgan fingerprint density at radius 2 is 1.75 bits per heavy atom. The van der Waals surface area contributed by atoms with Gasteiger partial charge in [0.25, 0.3) is 0 Å². The van der Waals surface area contributed by atoms with Gasteiger partial charge in [0, 0.05) is 10.6 Å². The minimum atomic E-state index is 0.869. The van der Waals surface area contributed by atoms with E-state index in [2.05, 4.69) is 37.3 Å². The fourth-order valence-electron chi connectivity index (χ4n) is 1.71. The smallest absolute Gasteiger partial charge is 0.0458 e. The minimum absolute atomic E-state index is 0.869. The summed E-state index contributed by atoms with van der Waals surface area (Å²) in [5.74, 6) is 1.04. The topological polar surface area (TPSA) is 26.0 Å². The van der Waals surface area contributed by atoms with E-state index in [1.54, 1.807) is 11.8 Å². The quantitative estimate of drug-likeness (QED) is 0.634. The van der Waals surface area contributed by atoms with Gasteiger partial charge in [0.15, 0.2) is 0 Å². The summed E-state index contributed by atoms with van der Waals surface area (Å²) in [7, 11) is 0. The molecule has 0 aromatic heterocycles. The van der Waals surface area contributed by atoms with E-state index < -0.39 is 0 Å². The Labute approximate surface area is 101 Å². The molecule has 0 spiro atoms. The zero-order valence-corrected chi connectivity index (χ0v) is 10.1. The molecule has 0 aliphatic carbocycles. The van der Waals surface area contributed by atoms with Gasteiger partial charge in [0.1, 0.15) is 0 Å². The lowest BCUT2D eigenvalue weighted by Crippen LogP contribution is -1.91.